The predicted molar refractivity (Wildman–Crippen MR) is 67.9 cm³/mol. The van der Waals surface area contributed by atoms with Gasteiger partial charge in [-0.25, -0.2) is 4.79 Å². The van der Waals surface area contributed by atoms with E-state index in [4.69, 9.17) is 20.8 Å². The molecule has 0 aliphatic carbocycles. The summed E-state index contributed by atoms with van der Waals surface area (Å²) < 4.78 is 10.4. The SMILES string of the molecule is CCCCOc1oc(=O)c2ccccc2c1Cl. The first-order valence-electron chi connectivity index (χ1n) is 5.58. The fraction of sp³-hybridized carbons (Fsp3) is 0.308. The maximum Gasteiger partial charge on any atom is 0.346 e. The second-order valence-electron chi connectivity index (χ2n) is 3.74. The average Bonchev–Trinajstić information content (AvgIpc) is 2.36. The van der Waals surface area contributed by atoms with Crippen LogP contribution in [0.2, 0.25) is 5.02 Å². The average molecular weight is 253 g/mol. The molecule has 0 saturated carbocycles. The second kappa shape index (κ2) is 5.23. The van der Waals surface area contributed by atoms with Crippen LogP contribution in [0.15, 0.2) is 33.5 Å². The van der Waals surface area contributed by atoms with E-state index in [9.17, 15) is 4.79 Å². The summed E-state index contributed by atoms with van der Waals surface area (Å²) in [5.41, 5.74) is -0.420. The maximum atomic E-state index is 11.7. The molecule has 0 fully saturated rings. The van der Waals surface area contributed by atoms with Crippen LogP contribution in [0.25, 0.3) is 10.8 Å². The van der Waals surface area contributed by atoms with Gasteiger partial charge in [0.2, 0.25) is 0 Å². The van der Waals surface area contributed by atoms with Gasteiger partial charge in [0.15, 0.2) is 0 Å². The van der Waals surface area contributed by atoms with Gasteiger partial charge in [-0.3, -0.25) is 0 Å². The molecule has 3 nitrogen and oxygen atoms in total. The molecule has 2 aromatic rings. The van der Waals surface area contributed by atoms with Crippen molar-refractivity contribution >= 4 is 22.4 Å². The number of hydrogen-bond donors (Lipinski definition) is 0. The highest BCUT2D eigenvalue weighted by Gasteiger charge is 2.12. The lowest BCUT2D eigenvalue weighted by Crippen LogP contribution is -2.04. The van der Waals surface area contributed by atoms with Gasteiger partial charge in [-0.2, -0.15) is 0 Å². The molecule has 1 aromatic carbocycles. The normalized spacial score (nSPS) is 10.7. The summed E-state index contributed by atoms with van der Waals surface area (Å²) in [6, 6.07) is 7.06. The van der Waals surface area contributed by atoms with Gasteiger partial charge in [-0.05, 0) is 12.5 Å². The number of benzene rings is 1. The van der Waals surface area contributed by atoms with Gasteiger partial charge in [0.05, 0.1) is 12.0 Å². The minimum Gasteiger partial charge on any atom is -0.464 e. The lowest BCUT2D eigenvalue weighted by Gasteiger charge is -2.07. The van der Waals surface area contributed by atoms with Crippen molar-refractivity contribution in [3.63, 3.8) is 0 Å². The summed E-state index contributed by atoms with van der Waals surface area (Å²) in [5, 5.41) is 1.49. The van der Waals surface area contributed by atoms with Gasteiger partial charge < -0.3 is 9.15 Å². The number of unbranched alkanes of at least 4 members (excludes halogenated alkanes) is 1. The molecule has 17 heavy (non-hydrogen) atoms. The van der Waals surface area contributed by atoms with Gasteiger partial charge >= 0.3 is 11.6 Å². The van der Waals surface area contributed by atoms with Gasteiger partial charge in [-0.1, -0.05) is 43.1 Å². The molecule has 4 heteroatoms. The molecule has 0 unspecified atom stereocenters. The Bertz CT molecular complexity index is 574. The molecule has 0 bridgehead atoms. The van der Waals surface area contributed by atoms with Crippen molar-refractivity contribution in [2.75, 3.05) is 6.61 Å². The molecule has 0 aliphatic rings. The zero-order valence-electron chi connectivity index (χ0n) is 9.53. The van der Waals surface area contributed by atoms with E-state index in [1.807, 2.05) is 6.07 Å². The Balaban J connectivity index is 2.44. The van der Waals surface area contributed by atoms with Crippen LogP contribution in [-0.4, -0.2) is 6.61 Å². The summed E-state index contributed by atoms with van der Waals surface area (Å²) >= 11 is 6.13. The van der Waals surface area contributed by atoms with Crippen LogP contribution in [-0.2, 0) is 0 Å². The van der Waals surface area contributed by atoms with Gasteiger partial charge in [-0.15, -0.1) is 0 Å². The van der Waals surface area contributed by atoms with Crippen molar-refractivity contribution in [3.05, 3.63) is 39.7 Å². The van der Waals surface area contributed by atoms with E-state index in [-0.39, 0.29) is 5.95 Å². The standard InChI is InChI=1S/C13H13ClO3/c1-2-3-8-16-13-11(14)9-6-4-5-7-10(9)12(15)17-13/h4-7H,2-3,8H2,1H3. The summed E-state index contributed by atoms with van der Waals surface area (Å²) in [6.07, 6.45) is 1.91. The number of hydrogen-bond acceptors (Lipinski definition) is 3. The highest BCUT2D eigenvalue weighted by molar-refractivity contribution is 6.36. The third-order valence-corrected chi connectivity index (χ3v) is 2.84. The molecule has 1 heterocycles. The topological polar surface area (TPSA) is 39.4 Å². The third kappa shape index (κ3) is 2.44. The lowest BCUT2D eigenvalue weighted by atomic mass is 10.2. The van der Waals surface area contributed by atoms with Crippen LogP contribution < -0.4 is 10.4 Å². The van der Waals surface area contributed by atoms with E-state index >= 15 is 0 Å². The van der Waals surface area contributed by atoms with Crippen LogP contribution in [0.3, 0.4) is 0 Å². The van der Waals surface area contributed by atoms with Crippen molar-refractivity contribution in [2.45, 2.75) is 19.8 Å². The van der Waals surface area contributed by atoms with E-state index in [0.29, 0.717) is 22.4 Å². The van der Waals surface area contributed by atoms with E-state index in [1.54, 1.807) is 18.2 Å². The molecule has 0 atom stereocenters. The van der Waals surface area contributed by atoms with Gasteiger partial charge in [0.25, 0.3) is 0 Å². The fourth-order valence-electron chi connectivity index (χ4n) is 1.55. The van der Waals surface area contributed by atoms with Crippen LogP contribution >= 0.6 is 11.6 Å². The molecular weight excluding hydrogens is 240 g/mol. The molecule has 0 saturated heterocycles. The van der Waals surface area contributed by atoms with E-state index < -0.39 is 5.63 Å². The molecule has 0 amide bonds. The number of rotatable bonds is 4. The molecule has 0 radical (unpaired) electrons. The first-order valence-corrected chi connectivity index (χ1v) is 5.96. The minimum atomic E-state index is -0.420. The van der Waals surface area contributed by atoms with Crippen LogP contribution in [0.5, 0.6) is 5.95 Å². The summed E-state index contributed by atoms with van der Waals surface area (Å²) in [6.45, 7) is 2.55. The van der Waals surface area contributed by atoms with E-state index in [2.05, 4.69) is 6.92 Å². The Morgan fingerprint density at radius 3 is 2.71 bits per heavy atom. The zero-order chi connectivity index (χ0) is 12.3. The Hall–Kier alpha value is -1.48. The van der Waals surface area contributed by atoms with E-state index in [0.717, 1.165) is 12.8 Å². The Morgan fingerprint density at radius 2 is 2.00 bits per heavy atom. The lowest BCUT2D eigenvalue weighted by molar-refractivity contribution is 0.228. The highest BCUT2D eigenvalue weighted by Crippen LogP contribution is 2.30. The molecule has 1 aromatic heterocycles. The van der Waals surface area contributed by atoms with Crippen molar-refractivity contribution < 1.29 is 9.15 Å². The fourth-order valence-corrected chi connectivity index (χ4v) is 1.81. The molecular formula is C13H13ClO3. The number of fused-ring (bicyclic) bond motifs is 1. The number of halogens is 1. The Morgan fingerprint density at radius 1 is 1.29 bits per heavy atom. The Kier molecular flexibility index (Phi) is 3.69. The Labute approximate surface area is 104 Å². The van der Waals surface area contributed by atoms with Crippen LogP contribution in [0.4, 0.5) is 0 Å². The van der Waals surface area contributed by atoms with Gasteiger partial charge in [0, 0.05) is 5.39 Å². The second-order valence-corrected chi connectivity index (χ2v) is 4.12. The summed E-state index contributed by atoms with van der Waals surface area (Å²) in [4.78, 5) is 11.7. The molecule has 90 valence electrons. The van der Waals surface area contributed by atoms with Crippen LogP contribution in [0.1, 0.15) is 19.8 Å². The monoisotopic (exact) mass is 252 g/mol. The molecule has 0 N–H and O–H groups in total. The molecule has 2 rings (SSSR count). The van der Waals surface area contributed by atoms with Crippen molar-refractivity contribution in [3.8, 4) is 5.95 Å². The minimum absolute atomic E-state index is 0.115. The zero-order valence-corrected chi connectivity index (χ0v) is 10.3. The molecule has 0 spiro atoms. The first-order chi connectivity index (χ1) is 8.24. The number of ether oxygens (including phenoxy) is 1. The summed E-state index contributed by atoms with van der Waals surface area (Å²) in [5.74, 6) is 0.115. The van der Waals surface area contributed by atoms with E-state index in [1.165, 1.54) is 0 Å². The van der Waals surface area contributed by atoms with Crippen molar-refractivity contribution in [1.29, 1.82) is 0 Å². The van der Waals surface area contributed by atoms with Crippen molar-refractivity contribution in [2.24, 2.45) is 0 Å². The van der Waals surface area contributed by atoms with Gasteiger partial charge in [0.1, 0.15) is 5.02 Å². The quantitative estimate of drug-likeness (QED) is 0.780. The largest absolute Gasteiger partial charge is 0.464 e. The predicted octanol–water partition coefficient (Wildman–Crippen LogP) is 3.63. The maximum absolute atomic E-state index is 11.7. The highest BCUT2D eigenvalue weighted by atomic mass is 35.5. The van der Waals surface area contributed by atoms with Crippen LogP contribution in [0, 0.1) is 0 Å². The summed E-state index contributed by atoms with van der Waals surface area (Å²) in [7, 11) is 0. The smallest absolute Gasteiger partial charge is 0.346 e. The first kappa shape index (κ1) is 12.0. The van der Waals surface area contributed by atoms with Crippen molar-refractivity contribution in [1.82, 2.24) is 0 Å². The molecule has 0 aliphatic heterocycles. The third-order valence-electron chi connectivity index (χ3n) is 2.48.